The van der Waals surface area contributed by atoms with Crippen LogP contribution in [0.25, 0.3) is 16.8 Å². The van der Waals surface area contributed by atoms with Gasteiger partial charge in [0.15, 0.2) is 0 Å². The van der Waals surface area contributed by atoms with Crippen molar-refractivity contribution in [3.63, 3.8) is 0 Å². The van der Waals surface area contributed by atoms with Crippen LogP contribution in [0.4, 0.5) is 5.69 Å². The number of sulfonamides is 1. The number of carboxylic acids is 1. The predicted molar refractivity (Wildman–Crippen MR) is 106 cm³/mol. The summed E-state index contributed by atoms with van der Waals surface area (Å²) in [6, 6.07) is 16.4. The van der Waals surface area contributed by atoms with E-state index in [1.54, 1.807) is 25.1 Å². The van der Waals surface area contributed by atoms with Gasteiger partial charge < -0.3 is 9.67 Å². The fourth-order valence-electron chi connectivity index (χ4n) is 3.19. The number of aromatic carboxylic acids is 1. The molecule has 2 N–H and O–H groups in total. The van der Waals surface area contributed by atoms with Crippen LogP contribution in [-0.4, -0.2) is 30.3 Å². The first kappa shape index (κ1) is 18.7. The molecule has 1 aromatic heterocycles. The fraction of sp³-hybridized carbons (Fsp3) is 0.150. The first-order valence-corrected chi connectivity index (χ1v) is 10.2. The molecule has 0 aliphatic heterocycles. The van der Waals surface area contributed by atoms with Gasteiger partial charge in [0.25, 0.3) is 0 Å². The van der Waals surface area contributed by atoms with Crippen molar-refractivity contribution in [2.24, 2.45) is 0 Å². The van der Waals surface area contributed by atoms with Crippen molar-refractivity contribution in [1.29, 1.82) is 0 Å². The number of hydrogen-bond donors (Lipinski definition) is 2. The molecule has 6 nitrogen and oxygen atoms in total. The van der Waals surface area contributed by atoms with Gasteiger partial charge in [0.05, 0.1) is 17.5 Å². The first-order valence-electron chi connectivity index (χ1n) is 8.27. The second kappa shape index (κ2) is 6.92. The molecule has 0 atom stereocenters. The van der Waals surface area contributed by atoms with E-state index in [2.05, 4.69) is 4.72 Å². The molecule has 2 aromatic carbocycles. The Bertz CT molecular complexity index is 1110. The van der Waals surface area contributed by atoms with Gasteiger partial charge in [-0.1, -0.05) is 30.3 Å². The number of anilines is 1. The third-order valence-corrected chi connectivity index (χ3v) is 4.91. The van der Waals surface area contributed by atoms with E-state index >= 15 is 0 Å². The molecule has 0 saturated heterocycles. The fourth-order valence-corrected chi connectivity index (χ4v) is 3.76. The highest BCUT2D eigenvalue weighted by Crippen LogP contribution is 2.31. The maximum absolute atomic E-state index is 11.5. The molecule has 0 spiro atoms. The van der Waals surface area contributed by atoms with Gasteiger partial charge in [-0.05, 0) is 43.7 Å². The van der Waals surface area contributed by atoms with Gasteiger partial charge in [0.2, 0.25) is 10.0 Å². The molecule has 0 unspecified atom stereocenters. The average Bonchev–Trinajstić information content (AvgIpc) is 2.89. The summed E-state index contributed by atoms with van der Waals surface area (Å²) in [4.78, 5) is 11.5. The highest BCUT2D eigenvalue weighted by Gasteiger charge is 2.17. The van der Waals surface area contributed by atoms with E-state index in [0.29, 0.717) is 11.4 Å². The van der Waals surface area contributed by atoms with Gasteiger partial charge in [0.1, 0.15) is 0 Å². The Morgan fingerprint density at radius 1 is 1.04 bits per heavy atom. The predicted octanol–water partition coefficient (Wildman–Crippen LogP) is 3.83. The molecule has 3 aromatic rings. The summed E-state index contributed by atoms with van der Waals surface area (Å²) in [5, 5.41) is 9.39. The van der Waals surface area contributed by atoms with Gasteiger partial charge in [-0.25, -0.2) is 13.2 Å². The first-order chi connectivity index (χ1) is 12.7. The van der Waals surface area contributed by atoms with Crippen LogP contribution in [0.5, 0.6) is 0 Å². The van der Waals surface area contributed by atoms with Crippen LogP contribution in [0.1, 0.15) is 21.7 Å². The summed E-state index contributed by atoms with van der Waals surface area (Å²) >= 11 is 0. The Kier molecular flexibility index (Phi) is 4.80. The van der Waals surface area contributed by atoms with Crippen molar-refractivity contribution in [2.75, 3.05) is 11.0 Å². The van der Waals surface area contributed by atoms with Crippen molar-refractivity contribution >= 4 is 21.7 Å². The molecule has 0 fully saturated rings. The van der Waals surface area contributed by atoms with E-state index in [1.807, 2.05) is 47.9 Å². The summed E-state index contributed by atoms with van der Waals surface area (Å²) < 4.78 is 27.1. The smallest absolute Gasteiger partial charge is 0.337 e. The number of para-hydroxylation sites is 1. The van der Waals surface area contributed by atoms with Crippen molar-refractivity contribution in [3.8, 4) is 16.8 Å². The van der Waals surface area contributed by atoms with Crippen LogP contribution in [0.15, 0.2) is 54.6 Å². The summed E-state index contributed by atoms with van der Waals surface area (Å²) in [7, 11) is -3.33. The maximum atomic E-state index is 11.5. The van der Waals surface area contributed by atoms with Crippen LogP contribution >= 0.6 is 0 Å². The molecule has 140 valence electrons. The monoisotopic (exact) mass is 384 g/mol. The Labute approximate surface area is 158 Å². The van der Waals surface area contributed by atoms with E-state index in [4.69, 9.17) is 0 Å². The zero-order valence-corrected chi connectivity index (χ0v) is 16.0. The van der Waals surface area contributed by atoms with Crippen LogP contribution in [0.2, 0.25) is 0 Å². The number of benzene rings is 2. The Hall–Kier alpha value is -3.06. The lowest BCUT2D eigenvalue weighted by Gasteiger charge is -2.15. The van der Waals surface area contributed by atoms with Crippen molar-refractivity contribution < 1.29 is 18.3 Å². The van der Waals surface area contributed by atoms with Crippen LogP contribution in [0.3, 0.4) is 0 Å². The number of aromatic nitrogens is 1. The number of rotatable bonds is 5. The van der Waals surface area contributed by atoms with Gasteiger partial charge in [-0.3, -0.25) is 4.72 Å². The van der Waals surface area contributed by atoms with E-state index in [-0.39, 0.29) is 5.56 Å². The molecule has 0 aliphatic carbocycles. The highest BCUT2D eigenvalue weighted by atomic mass is 32.2. The van der Waals surface area contributed by atoms with Gasteiger partial charge in [-0.2, -0.15) is 0 Å². The molecule has 3 rings (SSSR count). The van der Waals surface area contributed by atoms with Crippen LogP contribution in [0, 0.1) is 13.8 Å². The maximum Gasteiger partial charge on any atom is 0.337 e. The molecule has 0 amide bonds. The Morgan fingerprint density at radius 3 is 2.22 bits per heavy atom. The zero-order valence-electron chi connectivity index (χ0n) is 15.2. The minimum Gasteiger partial charge on any atom is -0.478 e. The highest BCUT2D eigenvalue weighted by molar-refractivity contribution is 7.92. The lowest BCUT2D eigenvalue weighted by Crippen LogP contribution is -2.09. The standard InChI is InChI=1S/C20H20N2O4S/c1-13-12-18(20(23)24)14(2)22(13)19-7-5-4-6-17(19)15-8-10-16(11-9-15)21-27(3,25)26/h4-12,21H,1-3H3,(H,23,24). The number of carboxylic acid groups (broad SMARTS) is 1. The molecule has 7 heteroatoms. The number of nitrogens with zero attached hydrogens (tertiary/aromatic N) is 1. The number of hydrogen-bond acceptors (Lipinski definition) is 3. The molecule has 27 heavy (non-hydrogen) atoms. The molecular formula is C20H20N2O4S. The normalized spacial score (nSPS) is 11.4. The zero-order chi connectivity index (χ0) is 19.8. The lowest BCUT2D eigenvalue weighted by atomic mass is 10.0. The number of aryl methyl sites for hydroxylation is 1. The van der Waals surface area contributed by atoms with Crippen LogP contribution in [-0.2, 0) is 10.0 Å². The van der Waals surface area contributed by atoms with Crippen molar-refractivity contribution in [1.82, 2.24) is 4.57 Å². The molecule has 0 saturated carbocycles. The van der Waals surface area contributed by atoms with Gasteiger partial charge in [0, 0.05) is 22.6 Å². The Balaban J connectivity index is 2.10. The van der Waals surface area contributed by atoms with Crippen LogP contribution < -0.4 is 4.72 Å². The average molecular weight is 384 g/mol. The second-order valence-electron chi connectivity index (χ2n) is 6.39. The summed E-state index contributed by atoms with van der Waals surface area (Å²) in [5.74, 6) is -0.956. The van der Waals surface area contributed by atoms with E-state index in [0.717, 1.165) is 28.8 Å². The second-order valence-corrected chi connectivity index (χ2v) is 8.14. The van der Waals surface area contributed by atoms with E-state index in [9.17, 15) is 18.3 Å². The molecular weight excluding hydrogens is 364 g/mol. The van der Waals surface area contributed by atoms with E-state index < -0.39 is 16.0 Å². The molecule has 0 radical (unpaired) electrons. The summed E-state index contributed by atoms with van der Waals surface area (Å²) in [5.41, 5.74) is 4.92. The topological polar surface area (TPSA) is 88.4 Å². The lowest BCUT2D eigenvalue weighted by molar-refractivity contribution is 0.0696. The molecule has 0 aliphatic rings. The summed E-state index contributed by atoms with van der Waals surface area (Å²) in [6.07, 6.45) is 1.11. The molecule has 1 heterocycles. The number of nitrogens with one attached hydrogen (secondary N) is 1. The van der Waals surface area contributed by atoms with Crippen molar-refractivity contribution in [2.45, 2.75) is 13.8 Å². The Morgan fingerprint density at radius 2 is 1.67 bits per heavy atom. The van der Waals surface area contributed by atoms with Gasteiger partial charge in [-0.15, -0.1) is 0 Å². The minimum absolute atomic E-state index is 0.273. The van der Waals surface area contributed by atoms with Crippen molar-refractivity contribution in [3.05, 3.63) is 71.5 Å². The molecule has 0 bridgehead atoms. The number of carbonyl (C=O) groups is 1. The summed E-state index contributed by atoms with van der Waals surface area (Å²) in [6.45, 7) is 3.65. The van der Waals surface area contributed by atoms with E-state index in [1.165, 1.54) is 0 Å². The largest absolute Gasteiger partial charge is 0.478 e. The van der Waals surface area contributed by atoms with Gasteiger partial charge >= 0.3 is 5.97 Å². The third-order valence-electron chi connectivity index (χ3n) is 4.31. The third kappa shape index (κ3) is 3.88. The SMILES string of the molecule is Cc1cc(C(=O)O)c(C)n1-c1ccccc1-c1ccc(NS(C)(=O)=O)cc1. The quantitative estimate of drug-likeness (QED) is 0.700. The minimum atomic E-state index is -3.33.